The Morgan fingerprint density at radius 2 is 1.96 bits per heavy atom. The Bertz CT molecular complexity index is 678. The van der Waals surface area contributed by atoms with E-state index >= 15 is 0 Å². The molecule has 8 nitrogen and oxygen atoms in total. The van der Waals surface area contributed by atoms with E-state index in [0.29, 0.717) is 11.6 Å². The van der Waals surface area contributed by atoms with E-state index in [9.17, 15) is 10.1 Å². The first-order valence-electron chi connectivity index (χ1n) is 8.99. The van der Waals surface area contributed by atoms with Crippen molar-refractivity contribution in [3.63, 3.8) is 0 Å². The summed E-state index contributed by atoms with van der Waals surface area (Å²) < 4.78 is 0. The summed E-state index contributed by atoms with van der Waals surface area (Å²) in [4.78, 5) is 15.7. The molecular formula is C17H24N6O2. The molecule has 4 saturated heterocycles. The number of nitro benzene ring substituents is 1. The Balaban J connectivity index is 1.57. The highest BCUT2D eigenvalue weighted by Gasteiger charge is 2.31. The highest BCUT2D eigenvalue weighted by Crippen LogP contribution is 2.31. The topological polar surface area (TPSA) is 86.0 Å². The molecule has 0 atom stereocenters. The molecule has 0 aliphatic carbocycles. The van der Waals surface area contributed by atoms with Crippen LogP contribution in [-0.2, 0) is 0 Å². The first-order chi connectivity index (χ1) is 12.2. The van der Waals surface area contributed by atoms with Crippen LogP contribution in [0.2, 0.25) is 0 Å². The van der Waals surface area contributed by atoms with Crippen molar-refractivity contribution in [2.75, 3.05) is 56.1 Å². The zero-order chi connectivity index (χ0) is 17.2. The lowest BCUT2D eigenvalue weighted by Crippen LogP contribution is -2.48. The van der Waals surface area contributed by atoms with Gasteiger partial charge in [-0.2, -0.15) is 5.10 Å². The predicted molar refractivity (Wildman–Crippen MR) is 98.4 cm³/mol. The summed E-state index contributed by atoms with van der Waals surface area (Å²) in [6.07, 6.45) is 2.28. The summed E-state index contributed by atoms with van der Waals surface area (Å²) in [5.74, 6) is 0.521. The van der Waals surface area contributed by atoms with Gasteiger partial charge in [-0.05, 0) is 38.1 Å². The highest BCUT2D eigenvalue weighted by molar-refractivity contribution is 5.90. The van der Waals surface area contributed by atoms with Crippen LogP contribution in [0.15, 0.2) is 23.3 Å². The lowest BCUT2D eigenvalue weighted by atomic mass is 9.87. The smallest absolute Gasteiger partial charge is 0.294 e. The number of nitro groups is 1. The van der Waals surface area contributed by atoms with Crippen LogP contribution in [-0.4, -0.2) is 61.3 Å². The number of piperidine rings is 3. The molecule has 4 fully saturated rings. The van der Waals surface area contributed by atoms with Crippen LogP contribution in [0.25, 0.3) is 0 Å². The summed E-state index contributed by atoms with van der Waals surface area (Å²) in [5.41, 5.74) is 5.68. The van der Waals surface area contributed by atoms with Crippen molar-refractivity contribution in [3.8, 4) is 0 Å². The number of rotatable bonds is 4. The molecule has 25 heavy (non-hydrogen) atoms. The van der Waals surface area contributed by atoms with E-state index in [-0.39, 0.29) is 10.6 Å². The van der Waals surface area contributed by atoms with E-state index in [0.717, 1.165) is 70.1 Å². The number of hydrogen-bond donors (Lipinski definition) is 2. The van der Waals surface area contributed by atoms with Crippen molar-refractivity contribution < 1.29 is 4.92 Å². The molecule has 4 aliphatic heterocycles. The molecule has 0 spiro atoms. The van der Waals surface area contributed by atoms with Crippen LogP contribution in [0.1, 0.15) is 12.8 Å². The third-order valence-electron chi connectivity index (χ3n) is 5.42. The first-order valence-corrected chi connectivity index (χ1v) is 8.99. The number of anilines is 2. The SMILES string of the molecule is O=[N+]([O-])c1ccc(N2CCNCC2)cc1NN=C1CN2CCC1CC2. The van der Waals surface area contributed by atoms with Crippen molar-refractivity contribution in [3.05, 3.63) is 28.3 Å². The first kappa shape index (κ1) is 16.3. The maximum Gasteiger partial charge on any atom is 0.294 e. The van der Waals surface area contributed by atoms with Gasteiger partial charge >= 0.3 is 0 Å². The summed E-state index contributed by atoms with van der Waals surface area (Å²) in [5, 5.41) is 19.2. The maximum atomic E-state index is 11.4. The normalized spacial score (nSPS) is 27.5. The second-order valence-electron chi connectivity index (χ2n) is 6.96. The number of fused-ring (bicyclic) bond motifs is 3. The molecule has 4 heterocycles. The monoisotopic (exact) mass is 344 g/mol. The van der Waals surface area contributed by atoms with Crippen molar-refractivity contribution >= 4 is 22.8 Å². The van der Waals surface area contributed by atoms with E-state index in [2.05, 4.69) is 25.6 Å². The zero-order valence-corrected chi connectivity index (χ0v) is 14.3. The van der Waals surface area contributed by atoms with Crippen molar-refractivity contribution in [1.29, 1.82) is 0 Å². The summed E-state index contributed by atoms with van der Waals surface area (Å²) in [6, 6.07) is 5.27. The lowest BCUT2D eigenvalue weighted by Gasteiger charge is -2.39. The van der Waals surface area contributed by atoms with E-state index in [1.165, 1.54) is 0 Å². The van der Waals surface area contributed by atoms with Crippen LogP contribution < -0.4 is 15.6 Å². The van der Waals surface area contributed by atoms with Gasteiger partial charge in [0.25, 0.3) is 5.69 Å². The Morgan fingerprint density at radius 3 is 2.60 bits per heavy atom. The number of piperazine rings is 1. The van der Waals surface area contributed by atoms with Gasteiger partial charge in [-0.3, -0.25) is 20.4 Å². The Hall–Kier alpha value is -2.19. The van der Waals surface area contributed by atoms with Crippen molar-refractivity contribution in [2.24, 2.45) is 11.0 Å². The van der Waals surface area contributed by atoms with Gasteiger partial charge in [0.05, 0.1) is 10.6 Å². The lowest BCUT2D eigenvalue weighted by molar-refractivity contribution is -0.383. The molecule has 134 valence electrons. The molecule has 8 heteroatoms. The van der Waals surface area contributed by atoms with Crippen LogP contribution in [0, 0.1) is 16.0 Å². The van der Waals surface area contributed by atoms with Gasteiger partial charge in [-0.15, -0.1) is 0 Å². The molecule has 1 aromatic rings. The van der Waals surface area contributed by atoms with E-state index in [1.807, 2.05) is 12.1 Å². The molecule has 5 rings (SSSR count). The molecule has 4 aliphatic rings. The van der Waals surface area contributed by atoms with Crippen molar-refractivity contribution in [2.45, 2.75) is 12.8 Å². The molecule has 0 radical (unpaired) electrons. The third kappa shape index (κ3) is 3.45. The second kappa shape index (κ2) is 6.97. The van der Waals surface area contributed by atoms with E-state index in [1.54, 1.807) is 6.07 Å². The number of benzene rings is 1. The average Bonchev–Trinajstić information content (AvgIpc) is 2.67. The van der Waals surface area contributed by atoms with E-state index < -0.39 is 0 Å². The van der Waals surface area contributed by atoms with Gasteiger partial charge in [0.1, 0.15) is 5.69 Å². The number of hydrazone groups is 1. The van der Waals surface area contributed by atoms with Gasteiger partial charge in [0, 0.05) is 50.4 Å². The fourth-order valence-corrected chi connectivity index (χ4v) is 3.93. The molecule has 0 saturated carbocycles. The fourth-order valence-electron chi connectivity index (χ4n) is 3.93. The molecule has 0 aromatic heterocycles. The van der Waals surface area contributed by atoms with Crippen LogP contribution in [0.5, 0.6) is 0 Å². The molecule has 0 amide bonds. The van der Waals surface area contributed by atoms with Crippen molar-refractivity contribution in [1.82, 2.24) is 10.2 Å². The number of hydrogen-bond acceptors (Lipinski definition) is 7. The maximum absolute atomic E-state index is 11.4. The molecule has 1 aromatic carbocycles. The quantitative estimate of drug-likeness (QED) is 0.636. The van der Waals surface area contributed by atoms with Gasteiger partial charge in [0.15, 0.2) is 0 Å². The van der Waals surface area contributed by atoms with Gasteiger partial charge in [-0.1, -0.05) is 0 Å². The average molecular weight is 344 g/mol. The van der Waals surface area contributed by atoms with Crippen LogP contribution in [0.3, 0.4) is 0 Å². The molecule has 2 N–H and O–H groups in total. The van der Waals surface area contributed by atoms with Crippen LogP contribution >= 0.6 is 0 Å². The third-order valence-corrected chi connectivity index (χ3v) is 5.42. The minimum Gasteiger partial charge on any atom is -0.369 e. The fraction of sp³-hybridized carbons (Fsp3) is 0.588. The molecule has 0 unspecified atom stereocenters. The highest BCUT2D eigenvalue weighted by atomic mass is 16.6. The zero-order valence-electron chi connectivity index (χ0n) is 14.3. The minimum atomic E-state index is -0.347. The van der Waals surface area contributed by atoms with E-state index in [4.69, 9.17) is 0 Å². The van der Waals surface area contributed by atoms with Crippen LogP contribution in [0.4, 0.5) is 17.1 Å². The van der Waals surface area contributed by atoms with Gasteiger partial charge in [0.2, 0.25) is 0 Å². The summed E-state index contributed by atoms with van der Waals surface area (Å²) in [6.45, 7) is 6.83. The summed E-state index contributed by atoms with van der Waals surface area (Å²) in [7, 11) is 0. The second-order valence-corrected chi connectivity index (χ2v) is 6.96. The molecular weight excluding hydrogens is 320 g/mol. The standard InChI is InChI=1S/C17H24N6O2/c24-23(25)17-2-1-14(22-9-5-18-6-10-22)11-15(17)19-20-16-12-21-7-3-13(16)4-8-21/h1-2,11,13,18-19H,3-10,12H2. The number of nitrogens with one attached hydrogen (secondary N) is 2. The summed E-state index contributed by atoms with van der Waals surface area (Å²) >= 11 is 0. The Kier molecular flexibility index (Phi) is 4.54. The Morgan fingerprint density at radius 1 is 1.20 bits per heavy atom. The Labute approximate surface area is 147 Å². The van der Waals surface area contributed by atoms with Gasteiger partial charge in [-0.25, -0.2) is 0 Å². The number of nitrogens with zero attached hydrogens (tertiary/aromatic N) is 4. The predicted octanol–water partition coefficient (Wildman–Crippen LogP) is 1.50. The van der Waals surface area contributed by atoms with Gasteiger partial charge < -0.3 is 10.2 Å². The minimum absolute atomic E-state index is 0.0736. The largest absolute Gasteiger partial charge is 0.369 e. The molecule has 2 bridgehead atoms.